The van der Waals surface area contributed by atoms with Gasteiger partial charge in [0.15, 0.2) is 6.20 Å². The van der Waals surface area contributed by atoms with E-state index in [4.69, 9.17) is 9.15 Å². The summed E-state index contributed by atoms with van der Waals surface area (Å²) < 4.78 is 16.0. The molecular weight excluding hydrogens is 502 g/mol. The van der Waals surface area contributed by atoms with Crippen molar-refractivity contribution in [1.29, 1.82) is 0 Å². The molecule has 0 spiro atoms. The molecule has 3 heterocycles. The minimum atomic E-state index is 0.0994. The number of hydrogen-bond acceptors (Lipinski definition) is 2. The predicted octanol–water partition coefficient (Wildman–Crippen LogP) is 10.3. The van der Waals surface area contributed by atoms with Gasteiger partial charge in [0.05, 0.1) is 10.9 Å². The highest BCUT2D eigenvalue weighted by Crippen LogP contribution is 2.54. The predicted molar refractivity (Wildman–Crippen MR) is 171 cm³/mol. The van der Waals surface area contributed by atoms with Gasteiger partial charge in [-0.15, -0.1) is 0 Å². The Bertz CT molecular complexity index is 2060. The van der Waals surface area contributed by atoms with Gasteiger partial charge in [-0.2, -0.15) is 0 Å². The first-order valence-electron chi connectivity index (χ1n) is 14.8. The van der Waals surface area contributed by atoms with Gasteiger partial charge in [-0.25, -0.2) is 4.57 Å². The van der Waals surface area contributed by atoms with Gasteiger partial charge in [0.1, 0.15) is 29.7 Å². The van der Waals surface area contributed by atoms with E-state index in [1.807, 2.05) is 0 Å². The van der Waals surface area contributed by atoms with Crippen molar-refractivity contribution in [1.82, 2.24) is 0 Å². The molecule has 0 saturated carbocycles. The quantitative estimate of drug-likeness (QED) is 0.203. The molecule has 3 nitrogen and oxygen atoms in total. The number of ether oxygens (including phenoxy) is 1. The van der Waals surface area contributed by atoms with Crippen LogP contribution in [-0.2, 0) is 19.9 Å². The summed E-state index contributed by atoms with van der Waals surface area (Å²) in [4.78, 5) is 0. The van der Waals surface area contributed by atoms with Crippen LogP contribution in [0.1, 0.15) is 63.8 Å². The van der Waals surface area contributed by atoms with Crippen molar-refractivity contribution in [3.8, 4) is 22.8 Å². The van der Waals surface area contributed by atoms with Crippen molar-refractivity contribution in [2.45, 2.75) is 68.2 Å². The lowest BCUT2D eigenvalue weighted by molar-refractivity contribution is -0.659. The van der Waals surface area contributed by atoms with E-state index in [1.165, 1.54) is 60.4 Å². The van der Waals surface area contributed by atoms with Crippen molar-refractivity contribution in [2.75, 3.05) is 0 Å². The number of hydrogen-bond donors (Lipinski definition) is 0. The molecule has 41 heavy (non-hydrogen) atoms. The van der Waals surface area contributed by atoms with Gasteiger partial charge < -0.3 is 9.15 Å². The van der Waals surface area contributed by atoms with E-state index in [-0.39, 0.29) is 10.8 Å². The molecular formula is C38H40NO2+. The molecule has 6 aromatic rings. The van der Waals surface area contributed by atoms with E-state index in [1.54, 1.807) is 0 Å². The van der Waals surface area contributed by atoms with Crippen LogP contribution in [0.5, 0.6) is 11.5 Å². The molecule has 1 aliphatic rings. The average Bonchev–Trinajstić information content (AvgIpc) is 3.25. The van der Waals surface area contributed by atoms with E-state index in [0.717, 1.165) is 40.9 Å². The summed E-state index contributed by atoms with van der Waals surface area (Å²) in [6.07, 6.45) is 4.09. The van der Waals surface area contributed by atoms with Gasteiger partial charge in [0.2, 0.25) is 5.69 Å². The van der Waals surface area contributed by atoms with Gasteiger partial charge in [0, 0.05) is 33.9 Å². The molecule has 4 aromatic carbocycles. The SMILES string of the molecule is Cc1c2c(c(CC(C)(C)C)c3c(C)cccc13)Oc1cc3oc4c(CC(C)(C)C)cccc4c3c3cc[n+](C)c-2c13. The highest BCUT2D eigenvalue weighted by Gasteiger charge is 2.35. The number of rotatable bonds is 2. The second-order valence-electron chi connectivity index (χ2n) is 14.6. The van der Waals surface area contributed by atoms with Crippen LogP contribution in [-0.4, -0.2) is 0 Å². The Balaban J connectivity index is 1.62. The van der Waals surface area contributed by atoms with Crippen LogP contribution < -0.4 is 9.30 Å². The molecule has 0 bridgehead atoms. The largest absolute Gasteiger partial charge is 0.456 e. The standard InChI is InChI=1S/C38H40NO2/c1-21-12-10-14-24-22(2)31-34-33-25(16-17-39(34)9)32-26-15-11-13-23(19-37(3,4)5)35(26)40-28(32)18-29(33)41-36(31)27(30(21)24)20-38(6,7)8/h10-18H,19-20H2,1-9H3/q+1. The summed E-state index contributed by atoms with van der Waals surface area (Å²) >= 11 is 0. The molecule has 0 unspecified atom stereocenters. The van der Waals surface area contributed by atoms with Crippen LogP contribution in [0.2, 0.25) is 0 Å². The average molecular weight is 543 g/mol. The van der Waals surface area contributed by atoms with Gasteiger partial charge in [-0.05, 0) is 65.0 Å². The number of nitrogens with zero attached hydrogens (tertiary/aromatic N) is 1. The zero-order valence-electron chi connectivity index (χ0n) is 25.9. The third-order valence-corrected chi connectivity index (χ3v) is 8.66. The molecule has 0 amide bonds. The summed E-state index contributed by atoms with van der Waals surface area (Å²) in [7, 11) is 2.16. The lowest BCUT2D eigenvalue weighted by atomic mass is 9.80. The zero-order valence-corrected chi connectivity index (χ0v) is 25.9. The maximum Gasteiger partial charge on any atom is 0.228 e. The molecule has 7 rings (SSSR count). The highest BCUT2D eigenvalue weighted by atomic mass is 16.5. The van der Waals surface area contributed by atoms with Crippen molar-refractivity contribution < 1.29 is 13.7 Å². The van der Waals surface area contributed by atoms with E-state index in [2.05, 4.69) is 122 Å². The Kier molecular flexibility index (Phi) is 5.46. The monoisotopic (exact) mass is 542 g/mol. The van der Waals surface area contributed by atoms with Gasteiger partial charge >= 0.3 is 0 Å². The summed E-state index contributed by atoms with van der Waals surface area (Å²) in [6.45, 7) is 18.3. The summed E-state index contributed by atoms with van der Waals surface area (Å²) in [5.41, 5.74) is 9.70. The van der Waals surface area contributed by atoms with E-state index < -0.39 is 0 Å². The number of benzene rings is 4. The molecule has 0 atom stereocenters. The number of fused-ring (bicyclic) bond motifs is 7. The molecule has 0 aliphatic carbocycles. The number of pyridine rings is 1. The molecule has 208 valence electrons. The zero-order chi connectivity index (χ0) is 29.0. The highest BCUT2D eigenvalue weighted by molar-refractivity contribution is 6.23. The first kappa shape index (κ1) is 26.1. The maximum absolute atomic E-state index is 7.07. The third-order valence-electron chi connectivity index (χ3n) is 8.66. The van der Waals surface area contributed by atoms with Crippen molar-refractivity contribution in [3.05, 3.63) is 77.0 Å². The first-order chi connectivity index (χ1) is 19.3. The van der Waals surface area contributed by atoms with E-state index in [9.17, 15) is 0 Å². The number of aromatic nitrogens is 1. The Morgan fingerprint density at radius 1 is 0.756 bits per heavy atom. The van der Waals surface area contributed by atoms with Gasteiger partial charge in [-0.1, -0.05) is 77.9 Å². The molecule has 0 fully saturated rings. The molecule has 0 radical (unpaired) electrons. The molecule has 3 heteroatoms. The second-order valence-corrected chi connectivity index (χ2v) is 14.6. The Labute approximate surface area is 242 Å². The number of furan rings is 1. The molecule has 0 N–H and O–H groups in total. The Morgan fingerprint density at radius 3 is 2.20 bits per heavy atom. The summed E-state index contributed by atoms with van der Waals surface area (Å²) in [6, 6.07) is 17.7. The summed E-state index contributed by atoms with van der Waals surface area (Å²) in [5.74, 6) is 1.88. The van der Waals surface area contributed by atoms with Crippen LogP contribution in [0.3, 0.4) is 0 Å². The molecule has 1 aliphatic heterocycles. The normalized spacial score (nSPS) is 13.4. The Hall–Kier alpha value is -3.85. The fourth-order valence-corrected chi connectivity index (χ4v) is 7.12. The van der Waals surface area contributed by atoms with Crippen LogP contribution in [0, 0.1) is 24.7 Å². The minimum absolute atomic E-state index is 0.0994. The fraction of sp³-hybridized carbons (Fsp3) is 0.342. The van der Waals surface area contributed by atoms with Crippen molar-refractivity contribution in [2.24, 2.45) is 17.9 Å². The number of aryl methyl sites for hydroxylation is 3. The molecule has 2 aromatic heterocycles. The van der Waals surface area contributed by atoms with E-state index >= 15 is 0 Å². The van der Waals surface area contributed by atoms with E-state index in [0.29, 0.717) is 0 Å². The van der Waals surface area contributed by atoms with Gasteiger partial charge in [-0.3, -0.25) is 0 Å². The third kappa shape index (κ3) is 3.96. The molecule has 0 saturated heterocycles. The van der Waals surface area contributed by atoms with Crippen LogP contribution in [0.4, 0.5) is 0 Å². The minimum Gasteiger partial charge on any atom is -0.456 e. The maximum atomic E-state index is 7.07. The van der Waals surface area contributed by atoms with Crippen LogP contribution >= 0.6 is 0 Å². The lowest BCUT2D eigenvalue weighted by Crippen LogP contribution is -2.32. The van der Waals surface area contributed by atoms with Gasteiger partial charge in [0.25, 0.3) is 0 Å². The van der Waals surface area contributed by atoms with Crippen molar-refractivity contribution in [3.63, 3.8) is 0 Å². The fourth-order valence-electron chi connectivity index (χ4n) is 7.12. The Morgan fingerprint density at radius 2 is 1.46 bits per heavy atom. The summed E-state index contributed by atoms with van der Waals surface area (Å²) in [5, 5.41) is 7.34. The lowest BCUT2D eigenvalue weighted by Gasteiger charge is -2.28. The van der Waals surface area contributed by atoms with Crippen molar-refractivity contribution >= 4 is 43.5 Å². The van der Waals surface area contributed by atoms with Crippen LogP contribution in [0.15, 0.2) is 59.1 Å². The first-order valence-corrected chi connectivity index (χ1v) is 14.8. The van der Waals surface area contributed by atoms with Crippen LogP contribution in [0.25, 0.3) is 54.7 Å². The smallest absolute Gasteiger partial charge is 0.228 e. The number of para-hydroxylation sites is 1. The second kappa shape index (κ2) is 8.58. The topological polar surface area (TPSA) is 26.2 Å².